The van der Waals surface area contributed by atoms with Gasteiger partial charge in [0.2, 0.25) is 0 Å². The molecule has 128 valence electrons. The molecule has 0 radical (unpaired) electrons. The summed E-state index contributed by atoms with van der Waals surface area (Å²) in [5.74, 6) is -0.589. The van der Waals surface area contributed by atoms with Crippen molar-refractivity contribution < 1.29 is 19.1 Å². The highest BCUT2D eigenvalue weighted by atomic mass is 16.4. The molecule has 1 amide bonds. The highest BCUT2D eigenvalue weighted by molar-refractivity contribution is 5.96. The van der Waals surface area contributed by atoms with Crippen LogP contribution in [0.5, 0.6) is 0 Å². The number of aryl methyl sites for hydroxylation is 1. The quantitative estimate of drug-likeness (QED) is 0.811. The molecule has 2 aromatic rings. The van der Waals surface area contributed by atoms with Crippen molar-refractivity contribution in [1.29, 1.82) is 0 Å². The Balaban J connectivity index is 2.10. The van der Waals surface area contributed by atoms with E-state index in [1.165, 1.54) is 6.07 Å². The first-order valence-corrected chi connectivity index (χ1v) is 8.13. The van der Waals surface area contributed by atoms with Crippen molar-refractivity contribution in [3.63, 3.8) is 0 Å². The molecule has 5 nitrogen and oxygen atoms in total. The van der Waals surface area contributed by atoms with Gasteiger partial charge < -0.3 is 14.8 Å². The summed E-state index contributed by atoms with van der Waals surface area (Å²) in [6.07, 6.45) is 0.424. The minimum absolute atomic E-state index is 0.0415. The predicted molar refractivity (Wildman–Crippen MR) is 91.4 cm³/mol. The first kappa shape index (κ1) is 17.8. The minimum Gasteiger partial charge on any atom is -0.478 e. The average molecular weight is 329 g/mol. The second-order valence-corrected chi connectivity index (χ2v) is 6.08. The van der Waals surface area contributed by atoms with Crippen LogP contribution < -0.4 is 5.32 Å². The Labute approximate surface area is 141 Å². The Morgan fingerprint density at radius 3 is 2.38 bits per heavy atom. The number of rotatable bonds is 7. The van der Waals surface area contributed by atoms with Gasteiger partial charge in [-0.3, -0.25) is 4.79 Å². The van der Waals surface area contributed by atoms with Gasteiger partial charge in [0, 0.05) is 24.9 Å². The fraction of sp³-hybridized carbons (Fsp3) is 0.368. The van der Waals surface area contributed by atoms with Crippen LogP contribution in [0.25, 0.3) is 0 Å². The van der Waals surface area contributed by atoms with Crippen LogP contribution in [0, 0.1) is 5.92 Å². The van der Waals surface area contributed by atoms with Crippen molar-refractivity contribution in [3.8, 4) is 0 Å². The molecule has 0 saturated heterocycles. The lowest BCUT2D eigenvalue weighted by atomic mass is 9.88. The lowest BCUT2D eigenvalue weighted by molar-refractivity contribution is 0.0694. The Morgan fingerprint density at radius 1 is 1.21 bits per heavy atom. The molecular weight excluding hydrogens is 306 g/mol. The van der Waals surface area contributed by atoms with E-state index in [2.05, 4.69) is 19.2 Å². The zero-order valence-electron chi connectivity index (χ0n) is 14.2. The van der Waals surface area contributed by atoms with E-state index < -0.39 is 11.9 Å². The monoisotopic (exact) mass is 329 g/mol. The van der Waals surface area contributed by atoms with E-state index in [0.29, 0.717) is 24.6 Å². The second kappa shape index (κ2) is 7.81. The van der Waals surface area contributed by atoms with E-state index in [1.54, 1.807) is 6.92 Å². The summed E-state index contributed by atoms with van der Waals surface area (Å²) in [6.45, 7) is 6.46. The maximum absolute atomic E-state index is 12.3. The van der Waals surface area contributed by atoms with Crippen LogP contribution >= 0.6 is 0 Å². The number of carboxylic acid groups (broad SMARTS) is 1. The number of carbonyl (C=O) groups is 2. The van der Waals surface area contributed by atoms with Gasteiger partial charge in [-0.15, -0.1) is 0 Å². The number of carboxylic acids is 1. The molecule has 1 aromatic carbocycles. The molecule has 0 fully saturated rings. The topological polar surface area (TPSA) is 79.5 Å². The summed E-state index contributed by atoms with van der Waals surface area (Å²) in [4.78, 5) is 23.5. The van der Waals surface area contributed by atoms with Gasteiger partial charge in [0.15, 0.2) is 5.76 Å². The van der Waals surface area contributed by atoms with E-state index >= 15 is 0 Å². The van der Waals surface area contributed by atoms with Crippen LogP contribution in [0.2, 0.25) is 0 Å². The zero-order valence-corrected chi connectivity index (χ0v) is 14.2. The third-order valence-electron chi connectivity index (χ3n) is 4.10. The number of hydrogen-bond acceptors (Lipinski definition) is 3. The molecule has 0 aliphatic carbocycles. The Kier molecular flexibility index (Phi) is 5.79. The molecule has 24 heavy (non-hydrogen) atoms. The van der Waals surface area contributed by atoms with E-state index in [-0.39, 0.29) is 17.2 Å². The molecule has 0 aliphatic heterocycles. The molecule has 1 unspecified atom stereocenters. The molecule has 1 heterocycles. The summed E-state index contributed by atoms with van der Waals surface area (Å²) in [7, 11) is 0. The second-order valence-electron chi connectivity index (χ2n) is 6.08. The smallest absolute Gasteiger partial charge is 0.339 e. The summed E-state index contributed by atoms with van der Waals surface area (Å²) < 4.78 is 5.39. The van der Waals surface area contributed by atoms with E-state index in [0.717, 1.165) is 5.56 Å². The molecule has 2 N–H and O–H groups in total. The third kappa shape index (κ3) is 4.04. The molecule has 1 aromatic heterocycles. The zero-order chi connectivity index (χ0) is 17.7. The molecule has 2 rings (SSSR count). The minimum atomic E-state index is -1.08. The molecule has 0 aliphatic rings. The van der Waals surface area contributed by atoms with Gasteiger partial charge in [0.1, 0.15) is 11.3 Å². The van der Waals surface area contributed by atoms with Crippen molar-refractivity contribution in [1.82, 2.24) is 5.32 Å². The maximum Gasteiger partial charge on any atom is 0.339 e. The van der Waals surface area contributed by atoms with Crippen LogP contribution in [-0.2, 0) is 6.42 Å². The van der Waals surface area contributed by atoms with Crippen molar-refractivity contribution in [2.24, 2.45) is 5.92 Å². The van der Waals surface area contributed by atoms with Gasteiger partial charge in [0.25, 0.3) is 5.91 Å². The summed E-state index contributed by atoms with van der Waals surface area (Å²) in [5, 5.41) is 12.0. The third-order valence-corrected chi connectivity index (χ3v) is 4.10. The number of hydrogen-bond donors (Lipinski definition) is 2. The molecule has 0 saturated carbocycles. The van der Waals surface area contributed by atoms with Crippen LogP contribution in [0.15, 0.2) is 40.8 Å². The van der Waals surface area contributed by atoms with Gasteiger partial charge in [-0.1, -0.05) is 51.1 Å². The standard InChI is InChI=1S/C19H23NO4/c1-4-16-14(19(22)23)10-17(24-16)18(21)20-11-15(12(2)3)13-8-6-5-7-9-13/h5-10,12,15H,4,11H2,1-3H3,(H,20,21)(H,22,23). The lowest BCUT2D eigenvalue weighted by Gasteiger charge is -2.21. The normalized spacial score (nSPS) is 12.2. The fourth-order valence-electron chi connectivity index (χ4n) is 2.71. The van der Waals surface area contributed by atoms with Crippen molar-refractivity contribution >= 4 is 11.9 Å². The molecule has 0 bridgehead atoms. The van der Waals surface area contributed by atoms with Gasteiger partial charge in [-0.25, -0.2) is 4.79 Å². The first-order valence-electron chi connectivity index (χ1n) is 8.13. The summed E-state index contributed by atoms with van der Waals surface area (Å²) in [5.41, 5.74) is 1.21. The van der Waals surface area contributed by atoms with E-state index in [9.17, 15) is 9.59 Å². The van der Waals surface area contributed by atoms with Gasteiger partial charge in [0.05, 0.1) is 0 Å². The molecule has 5 heteroatoms. The Morgan fingerprint density at radius 2 is 1.88 bits per heavy atom. The van der Waals surface area contributed by atoms with E-state index in [1.807, 2.05) is 30.3 Å². The number of benzene rings is 1. The summed E-state index contributed by atoms with van der Waals surface area (Å²) >= 11 is 0. The van der Waals surface area contributed by atoms with Gasteiger partial charge >= 0.3 is 5.97 Å². The van der Waals surface area contributed by atoms with Gasteiger partial charge in [-0.05, 0) is 11.5 Å². The largest absolute Gasteiger partial charge is 0.478 e. The molecule has 0 spiro atoms. The van der Waals surface area contributed by atoms with Crippen LogP contribution in [-0.4, -0.2) is 23.5 Å². The Hall–Kier alpha value is -2.56. The lowest BCUT2D eigenvalue weighted by Crippen LogP contribution is -2.30. The van der Waals surface area contributed by atoms with Gasteiger partial charge in [-0.2, -0.15) is 0 Å². The van der Waals surface area contributed by atoms with Crippen molar-refractivity contribution in [2.45, 2.75) is 33.1 Å². The molecular formula is C19H23NO4. The fourth-order valence-corrected chi connectivity index (χ4v) is 2.71. The van der Waals surface area contributed by atoms with Crippen molar-refractivity contribution in [2.75, 3.05) is 6.54 Å². The highest BCUT2D eigenvalue weighted by Gasteiger charge is 2.22. The average Bonchev–Trinajstić information content (AvgIpc) is 3.00. The predicted octanol–water partition coefficient (Wildman–Crippen LogP) is 3.71. The van der Waals surface area contributed by atoms with Crippen LogP contribution in [0.4, 0.5) is 0 Å². The number of nitrogens with one attached hydrogen (secondary N) is 1. The van der Waals surface area contributed by atoms with Crippen LogP contribution in [0.1, 0.15) is 58.9 Å². The number of aromatic carboxylic acids is 1. The maximum atomic E-state index is 12.3. The summed E-state index contributed by atoms with van der Waals surface area (Å²) in [6, 6.07) is 11.3. The molecule has 1 atom stereocenters. The number of amides is 1. The Bertz CT molecular complexity index is 703. The van der Waals surface area contributed by atoms with Crippen LogP contribution in [0.3, 0.4) is 0 Å². The first-order chi connectivity index (χ1) is 11.4. The van der Waals surface area contributed by atoms with Crippen molar-refractivity contribution in [3.05, 3.63) is 59.0 Å². The number of furan rings is 1. The van der Waals surface area contributed by atoms with E-state index in [4.69, 9.17) is 9.52 Å². The highest BCUT2D eigenvalue weighted by Crippen LogP contribution is 2.24. The number of carbonyl (C=O) groups excluding carboxylic acids is 1. The SMILES string of the molecule is CCc1oc(C(=O)NCC(c2ccccc2)C(C)C)cc1C(=O)O.